The number of carbonyl (C=O) groups excluding carboxylic acids is 5. The molecule has 0 saturated carbocycles. The maximum absolute atomic E-state index is 12.5. The van der Waals surface area contributed by atoms with E-state index in [2.05, 4.69) is 45.7 Å². The van der Waals surface area contributed by atoms with E-state index in [1.54, 1.807) is 0 Å². The Hall–Kier alpha value is -2.63. The second-order valence-electron chi connectivity index (χ2n) is 15.9. The molecule has 6 unspecified atom stereocenters. The number of nitrogens with one attached hydrogen (secondary N) is 6. The van der Waals surface area contributed by atoms with E-state index in [4.69, 9.17) is 18.1 Å². The van der Waals surface area contributed by atoms with Gasteiger partial charge >= 0.3 is 21.7 Å². The van der Waals surface area contributed by atoms with Crippen LogP contribution in [0.3, 0.4) is 0 Å². The fourth-order valence-electron chi connectivity index (χ4n) is 6.78. The van der Waals surface area contributed by atoms with Gasteiger partial charge in [0, 0.05) is 52.9 Å². The summed E-state index contributed by atoms with van der Waals surface area (Å²) in [4.78, 5) is 79.9. The lowest BCUT2D eigenvalue weighted by molar-refractivity contribution is -0.121. The van der Waals surface area contributed by atoms with Gasteiger partial charge in [-0.1, -0.05) is 104 Å². The molecule has 0 bridgehead atoms. The minimum atomic E-state index is -4.57. The summed E-state index contributed by atoms with van der Waals surface area (Å²) in [6.07, 6.45) is 19.3. The van der Waals surface area contributed by atoms with Crippen molar-refractivity contribution in [1.29, 1.82) is 0 Å². The number of phosphoric acid groups is 2. The highest BCUT2D eigenvalue weighted by molar-refractivity contribution is 7.47. The number of carbonyl (C=O) groups is 5. The Balaban J connectivity index is 4.66. The summed E-state index contributed by atoms with van der Waals surface area (Å²) in [5.41, 5.74) is 0. The molecule has 364 valence electrons. The van der Waals surface area contributed by atoms with Crippen LogP contribution in [-0.2, 0) is 46.4 Å². The highest BCUT2D eigenvalue weighted by atomic mass is 31.2. The number of urea groups is 1. The van der Waals surface area contributed by atoms with Crippen molar-refractivity contribution in [1.82, 2.24) is 31.9 Å². The Morgan fingerprint density at radius 3 is 1.05 bits per heavy atom. The minimum Gasteiger partial charge on any atom is -0.354 e. The maximum atomic E-state index is 12.5. The lowest BCUT2D eigenvalue weighted by Gasteiger charge is -2.23. The molecule has 0 aromatic rings. The van der Waals surface area contributed by atoms with Crippen LogP contribution in [0, 0.1) is 0 Å². The smallest absolute Gasteiger partial charge is 0.354 e. The third kappa shape index (κ3) is 37.9. The number of hydrogen-bond acceptors (Lipinski definition) is 11. The summed E-state index contributed by atoms with van der Waals surface area (Å²) in [6, 6.07) is -2.19. The number of unbranched alkanes of at least 4 members (excludes halogenated alkanes) is 12. The molecule has 0 aliphatic carbocycles. The Labute approximate surface area is 371 Å². The molecule has 6 amide bonds. The van der Waals surface area contributed by atoms with Crippen molar-refractivity contribution in [2.75, 3.05) is 39.5 Å². The second-order valence-corrected chi connectivity index (χ2v) is 18.8. The largest absolute Gasteiger partial charge is 0.472 e. The third-order valence-corrected chi connectivity index (χ3v) is 11.8. The Kier molecular flexibility index (Phi) is 35.1. The van der Waals surface area contributed by atoms with E-state index in [0.717, 1.165) is 51.4 Å². The van der Waals surface area contributed by atoms with Gasteiger partial charge in [-0.15, -0.1) is 0 Å². The van der Waals surface area contributed by atoms with Crippen molar-refractivity contribution >= 4 is 45.3 Å². The lowest BCUT2D eigenvalue weighted by Crippen LogP contribution is -2.40. The molecule has 0 radical (unpaired) electrons. The molecule has 62 heavy (non-hydrogen) atoms. The first-order chi connectivity index (χ1) is 29.4. The molecule has 19 nitrogen and oxygen atoms in total. The average molecular weight is 929 g/mol. The van der Waals surface area contributed by atoms with Gasteiger partial charge in [0.2, 0.25) is 23.6 Å². The van der Waals surface area contributed by atoms with E-state index in [0.29, 0.717) is 25.7 Å². The first-order valence-electron chi connectivity index (χ1n) is 22.7. The van der Waals surface area contributed by atoms with Gasteiger partial charge in [-0.2, -0.15) is 0 Å². The van der Waals surface area contributed by atoms with Crippen molar-refractivity contribution in [3.8, 4) is 0 Å². The van der Waals surface area contributed by atoms with Crippen LogP contribution in [0.5, 0.6) is 0 Å². The van der Waals surface area contributed by atoms with E-state index in [1.807, 2.05) is 0 Å². The van der Waals surface area contributed by atoms with Gasteiger partial charge in [-0.25, -0.2) is 13.9 Å². The fraction of sp³-hybridized carbons (Fsp3) is 0.878. The lowest BCUT2D eigenvalue weighted by atomic mass is 9.99. The zero-order valence-corrected chi connectivity index (χ0v) is 40.3. The van der Waals surface area contributed by atoms with E-state index in [9.17, 15) is 42.9 Å². The molecule has 0 aromatic carbocycles. The summed E-state index contributed by atoms with van der Waals surface area (Å²) in [6.45, 7) is 8.07. The zero-order valence-electron chi connectivity index (χ0n) is 38.5. The molecule has 0 aliphatic heterocycles. The normalized spacial score (nSPS) is 15.2. The molecule has 8 N–H and O–H groups in total. The highest BCUT2D eigenvalue weighted by Gasteiger charge is 2.26. The standard InChI is InChI=1S/C41H82N6O13P2/c1-7-9-11-13-15-17-19-21-37(44-33(3)48)23-25-39(46-35(5)50)31-59-61(53,54)57-29-27-42-41(52)43-28-30-58-62(55,56)60-32-40(47-36(6)51)26-24-38(45-34(4)49)22-20-18-16-14-12-10-8-2/h37-40H,7-32H2,1-6H3,(H,44,48)(H,45,49)(H,46,50)(H,47,51)(H,53,54)(H,55,56)(H2,42,43,52). The van der Waals surface area contributed by atoms with Gasteiger partial charge in [0.1, 0.15) is 0 Å². The number of amides is 6. The molecular weight excluding hydrogens is 846 g/mol. The van der Waals surface area contributed by atoms with Crippen LogP contribution in [0.2, 0.25) is 0 Å². The van der Waals surface area contributed by atoms with Gasteiger partial charge in [0.05, 0.1) is 38.5 Å². The molecule has 0 spiro atoms. The van der Waals surface area contributed by atoms with Gasteiger partial charge < -0.3 is 41.7 Å². The third-order valence-electron chi connectivity index (χ3n) is 9.83. The van der Waals surface area contributed by atoms with Gasteiger partial charge in [-0.05, 0) is 38.5 Å². The Bertz CT molecular complexity index is 1250. The van der Waals surface area contributed by atoms with Crippen LogP contribution in [-0.4, -0.2) is 103 Å². The van der Waals surface area contributed by atoms with E-state index < -0.39 is 47.0 Å². The highest BCUT2D eigenvalue weighted by Crippen LogP contribution is 2.44. The van der Waals surface area contributed by atoms with E-state index >= 15 is 0 Å². The van der Waals surface area contributed by atoms with Crippen molar-refractivity contribution in [3.05, 3.63) is 0 Å². The summed E-state index contributed by atoms with van der Waals surface area (Å²) in [5, 5.41) is 16.1. The molecule has 21 heteroatoms. The predicted octanol–water partition coefficient (Wildman–Crippen LogP) is 6.41. The van der Waals surface area contributed by atoms with Crippen molar-refractivity contribution < 1.29 is 61.0 Å². The zero-order chi connectivity index (χ0) is 46.7. The summed E-state index contributed by atoms with van der Waals surface area (Å²) in [5.74, 6) is -1.02. The number of phosphoric ester groups is 2. The van der Waals surface area contributed by atoms with Crippen LogP contribution in [0.4, 0.5) is 4.79 Å². The predicted molar refractivity (Wildman–Crippen MR) is 239 cm³/mol. The van der Waals surface area contributed by atoms with Gasteiger partial charge in [0.25, 0.3) is 0 Å². The topological polar surface area (TPSA) is 269 Å². The van der Waals surface area contributed by atoms with Crippen molar-refractivity contribution in [3.63, 3.8) is 0 Å². The maximum Gasteiger partial charge on any atom is 0.472 e. The molecule has 0 fully saturated rings. The quantitative estimate of drug-likeness (QED) is 0.0244. The Morgan fingerprint density at radius 2 is 0.726 bits per heavy atom. The SMILES string of the molecule is CCCCCCCCCC(CCC(COP(=O)(O)OCCNC(=O)NCCOP(=O)(O)OCC(CCC(CCCCCCCCC)NC(C)=O)NC(C)=O)NC(C)=O)NC(C)=O. The number of rotatable bonds is 40. The minimum absolute atomic E-state index is 0.118. The molecule has 0 rings (SSSR count). The van der Waals surface area contributed by atoms with Crippen LogP contribution in [0.1, 0.15) is 170 Å². The van der Waals surface area contributed by atoms with Crippen LogP contribution in [0.25, 0.3) is 0 Å². The first-order valence-corrected chi connectivity index (χ1v) is 25.7. The summed E-state index contributed by atoms with van der Waals surface area (Å²) >= 11 is 0. The van der Waals surface area contributed by atoms with Crippen LogP contribution in [0.15, 0.2) is 0 Å². The average Bonchev–Trinajstić information content (AvgIpc) is 3.18. The van der Waals surface area contributed by atoms with E-state index in [-0.39, 0.29) is 62.0 Å². The van der Waals surface area contributed by atoms with Crippen LogP contribution >= 0.6 is 15.6 Å². The van der Waals surface area contributed by atoms with Crippen molar-refractivity contribution in [2.24, 2.45) is 0 Å². The molecule has 0 heterocycles. The molecule has 6 atom stereocenters. The van der Waals surface area contributed by atoms with E-state index in [1.165, 1.54) is 79.1 Å². The first kappa shape index (κ1) is 59.4. The molecule has 0 saturated heterocycles. The molecular formula is C41H82N6O13P2. The van der Waals surface area contributed by atoms with Crippen molar-refractivity contribution in [2.45, 2.75) is 194 Å². The number of hydrogen-bond donors (Lipinski definition) is 8. The summed E-state index contributed by atoms with van der Waals surface area (Å²) < 4.78 is 45.3. The summed E-state index contributed by atoms with van der Waals surface area (Å²) in [7, 11) is -9.14. The molecule has 0 aromatic heterocycles. The van der Waals surface area contributed by atoms with Gasteiger partial charge in [-0.3, -0.25) is 37.3 Å². The Morgan fingerprint density at radius 1 is 0.435 bits per heavy atom. The second kappa shape index (κ2) is 36.7. The van der Waals surface area contributed by atoms with Gasteiger partial charge in [0.15, 0.2) is 0 Å². The van der Waals surface area contributed by atoms with Crippen LogP contribution < -0.4 is 31.9 Å². The fourth-order valence-corrected chi connectivity index (χ4v) is 8.31. The molecule has 0 aliphatic rings. The monoisotopic (exact) mass is 929 g/mol.